The Balaban J connectivity index is 2.60. The van der Waals surface area contributed by atoms with Crippen LogP contribution in [0.3, 0.4) is 0 Å². The minimum absolute atomic E-state index is 0.0150. The molecule has 0 spiro atoms. The summed E-state index contributed by atoms with van der Waals surface area (Å²) >= 11 is 6.00. The molecule has 1 aromatic rings. The zero-order chi connectivity index (χ0) is 11.9. The Morgan fingerprint density at radius 3 is 2.50 bits per heavy atom. The summed E-state index contributed by atoms with van der Waals surface area (Å²) in [6.45, 7) is 8.63. The van der Waals surface area contributed by atoms with Gasteiger partial charge in [-0.05, 0) is 56.9 Å². The predicted octanol–water partition coefficient (Wildman–Crippen LogP) is 3.67. The maximum Gasteiger partial charge on any atom is 0.0649 e. The van der Waals surface area contributed by atoms with Crippen molar-refractivity contribution in [1.82, 2.24) is 0 Å². The second-order valence-electron chi connectivity index (χ2n) is 5.27. The number of nitrogens with zero attached hydrogens (tertiary/aromatic N) is 1. The number of rotatable bonds is 1. The van der Waals surface area contributed by atoms with E-state index < -0.39 is 0 Å². The third kappa shape index (κ3) is 2.01. The smallest absolute Gasteiger partial charge is 0.0649 e. The fraction of sp³-hybridized carbons (Fsp3) is 0.500. The van der Waals surface area contributed by atoms with Crippen molar-refractivity contribution in [2.75, 3.05) is 5.88 Å². The monoisotopic (exact) mass is 235 g/mol. The average Bonchev–Trinajstić information content (AvgIpc) is 2.18. The molecule has 0 bridgehead atoms. The van der Waals surface area contributed by atoms with Crippen molar-refractivity contribution in [3.05, 3.63) is 34.4 Å². The van der Waals surface area contributed by atoms with Gasteiger partial charge in [-0.1, -0.05) is 6.07 Å². The molecule has 1 aromatic carbocycles. The Morgan fingerprint density at radius 1 is 1.25 bits per heavy atom. The van der Waals surface area contributed by atoms with Crippen LogP contribution in [-0.2, 0) is 6.42 Å². The van der Waals surface area contributed by atoms with Crippen LogP contribution in [0.2, 0.25) is 0 Å². The molecule has 0 N–H and O–H groups in total. The molecule has 2 rings (SSSR count). The molecule has 1 nitrogen and oxygen atoms in total. The van der Waals surface area contributed by atoms with Gasteiger partial charge in [-0.2, -0.15) is 0 Å². The van der Waals surface area contributed by atoms with E-state index in [2.05, 4.69) is 39.8 Å². The fourth-order valence-corrected chi connectivity index (χ4v) is 2.53. The van der Waals surface area contributed by atoms with Gasteiger partial charge in [0.05, 0.1) is 17.1 Å². The van der Waals surface area contributed by atoms with Crippen LogP contribution in [0, 0.1) is 13.8 Å². The second kappa shape index (κ2) is 3.89. The molecule has 0 fully saturated rings. The lowest BCUT2D eigenvalue weighted by Gasteiger charge is -2.29. The molecule has 0 aromatic heterocycles. The fourth-order valence-electron chi connectivity index (χ4n) is 2.32. The molecule has 0 unspecified atom stereocenters. The van der Waals surface area contributed by atoms with Gasteiger partial charge in [-0.15, -0.1) is 11.6 Å². The maximum absolute atomic E-state index is 6.00. The Hall–Kier alpha value is -0.820. The number of hydrogen-bond acceptors (Lipinski definition) is 1. The Kier molecular flexibility index (Phi) is 2.83. The minimum atomic E-state index is -0.0150. The molecule has 2 heteroatoms. The zero-order valence-corrected chi connectivity index (χ0v) is 11.2. The van der Waals surface area contributed by atoms with Crippen LogP contribution in [0.1, 0.15) is 36.1 Å². The maximum atomic E-state index is 6.00. The lowest BCUT2D eigenvalue weighted by atomic mass is 9.85. The highest BCUT2D eigenvalue weighted by Crippen LogP contribution is 2.29. The minimum Gasteiger partial charge on any atom is -0.281 e. The predicted molar refractivity (Wildman–Crippen MR) is 71.0 cm³/mol. The van der Waals surface area contributed by atoms with Crippen LogP contribution >= 0.6 is 11.6 Å². The van der Waals surface area contributed by atoms with Gasteiger partial charge in [0.2, 0.25) is 0 Å². The van der Waals surface area contributed by atoms with Crippen molar-refractivity contribution in [1.29, 1.82) is 0 Å². The molecule has 1 aliphatic heterocycles. The molecule has 0 atom stereocenters. The van der Waals surface area contributed by atoms with Crippen molar-refractivity contribution < 1.29 is 0 Å². The van der Waals surface area contributed by atoms with Crippen molar-refractivity contribution in [2.45, 2.75) is 39.7 Å². The molecule has 0 aliphatic carbocycles. The first-order valence-electron chi connectivity index (χ1n) is 5.68. The Bertz CT molecular complexity index is 458. The van der Waals surface area contributed by atoms with Gasteiger partial charge in [0.15, 0.2) is 0 Å². The van der Waals surface area contributed by atoms with Crippen LogP contribution in [0.5, 0.6) is 0 Å². The second-order valence-corrected chi connectivity index (χ2v) is 5.54. The SMILES string of the molecule is Cc1cc2c(cc1C)C(CCl)=NC(C)(C)C2. The van der Waals surface area contributed by atoms with E-state index in [4.69, 9.17) is 16.6 Å². The van der Waals surface area contributed by atoms with E-state index in [0.717, 1.165) is 12.1 Å². The van der Waals surface area contributed by atoms with E-state index in [9.17, 15) is 0 Å². The molecular weight excluding hydrogens is 218 g/mol. The van der Waals surface area contributed by atoms with E-state index >= 15 is 0 Å². The standard InChI is InChI=1S/C14H18ClN/c1-9-5-11-7-14(3,4)16-13(8-15)12(11)6-10(9)2/h5-6H,7-8H2,1-4H3. The zero-order valence-electron chi connectivity index (χ0n) is 10.4. The lowest BCUT2D eigenvalue weighted by molar-refractivity contribution is 0.512. The van der Waals surface area contributed by atoms with Crippen LogP contribution in [0.4, 0.5) is 0 Å². The topological polar surface area (TPSA) is 12.4 Å². The third-order valence-electron chi connectivity index (χ3n) is 3.22. The van der Waals surface area contributed by atoms with Crippen LogP contribution in [-0.4, -0.2) is 17.1 Å². The van der Waals surface area contributed by atoms with E-state index in [-0.39, 0.29) is 5.54 Å². The summed E-state index contributed by atoms with van der Waals surface area (Å²) in [7, 11) is 0. The van der Waals surface area contributed by atoms with Gasteiger partial charge in [0.1, 0.15) is 0 Å². The lowest BCUT2D eigenvalue weighted by Crippen LogP contribution is -2.29. The van der Waals surface area contributed by atoms with Crippen molar-refractivity contribution in [3.8, 4) is 0 Å². The van der Waals surface area contributed by atoms with Crippen molar-refractivity contribution in [3.63, 3.8) is 0 Å². The van der Waals surface area contributed by atoms with Crippen molar-refractivity contribution >= 4 is 17.3 Å². The third-order valence-corrected chi connectivity index (χ3v) is 3.47. The van der Waals surface area contributed by atoms with Gasteiger partial charge in [0.25, 0.3) is 0 Å². The molecular formula is C14H18ClN. The van der Waals surface area contributed by atoms with Gasteiger partial charge in [-0.25, -0.2) is 0 Å². The van der Waals surface area contributed by atoms with Crippen LogP contribution in [0.25, 0.3) is 0 Å². The average molecular weight is 236 g/mol. The van der Waals surface area contributed by atoms with E-state index in [1.54, 1.807) is 0 Å². The summed E-state index contributed by atoms with van der Waals surface area (Å²) in [5, 5.41) is 0. The Morgan fingerprint density at radius 2 is 1.88 bits per heavy atom. The first-order chi connectivity index (χ1) is 7.43. The van der Waals surface area contributed by atoms with E-state index in [0.29, 0.717) is 5.88 Å². The normalized spacial score (nSPS) is 17.9. The number of fused-ring (bicyclic) bond motifs is 1. The summed E-state index contributed by atoms with van der Waals surface area (Å²) in [4.78, 5) is 4.73. The van der Waals surface area contributed by atoms with Crippen molar-refractivity contribution in [2.24, 2.45) is 4.99 Å². The molecule has 1 heterocycles. The van der Waals surface area contributed by atoms with Crippen LogP contribution in [0.15, 0.2) is 17.1 Å². The molecule has 16 heavy (non-hydrogen) atoms. The molecule has 0 radical (unpaired) electrons. The van der Waals surface area contributed by atoms with Gasteiger partial charge in [0, 0.05) is 5.56 Å². The van der Waals surface area contributed by atoms with E-state index in [1.807, 2.05) is 0 Å². The highest BCUT2D eigenvalue weighted by Gasteiger charge is 2.26. The van der Waals surface area contributed by atoms with Gasteiger partial charge >= 0.3 is 0 Å². The molecule has 0 saturated heterocycles. The largest absolute Gasteiger partial charge is 0.281 e. The number of benzene rings is 1. The summed E-state index contributed by atoms with van der Waals surface area (Å²) in [5.74, 6) is 0.499. The number of alkyl halides is 1. The molecule has 1 aliphatic rings. The van der Waals surface area contributed by atoms with E-state index in [1.165, 1.54) is 22.3 Å². The number of aliphatic imine (C=N–C) groups is 1. The van der Waals surface area contributed by atoms with Gasteiger partial charge < -0.3 is 0 Å². The highest BCUT2D eigenvalue weighted by molar-refractivity contribution is 6.32. The molecule has 86 valence electrons. The Labute approximate surface area is 103 Å². The first-order valence-corrected chi connectivity index (χ1v) is 6.21. The quantitative estimate of drug-likeness (QED) is 0.659. The summed E-state index contributed by atoms with van der Waals surface area (Å²) in [6.07, 6.45) is 1.00. The molecule has 0 amide bonds. The highest BCUT2D eigenvalue weighted by atomic mass is 35.5. The summed E-state index contributed by atoms with van der Waals surface area (Å²) in [6, 6.07) is 4.51. The van der Waals surface area contributed by atoms with Gasteiger partial charge in [-0.3, -0.25) is 4.99 Å². The first kappa shape index (κ1) is 11.7. The van der Waals surface area contributed by atoms with Crippen LogP contribution < -0.4 is 0 Å². The number of halogens is 1. The number of hydrogen-bond donors (Lipinski definition) is 0. The summed E-state index contributed by atoms with van der Waals surface area (Å²) < 4.78 is 0. The number of aryl methyl sites for hydroxylation is 2. The summed E-state index contributed by atoms with van der Waals surface area (Å²) in [5.41, 5.74) is 6.33. The molecule has 0 saturated carbocycles.